The summed E-state index contributed by atoms with van der Waals surface area (Å²) in [6.07, 6.45) is 1.22. The molecule has 18 heavy (non-hydrogen) atoms. The highest BCUT2D eigenvalue weighted by Crippen LogP contribution is 2.16. The fourth-order valence-corrected chi connectivity index (χ4v) is 2.30. The molecule has 0 saturated carbocycles. The minimum atomic E-state index is -0.290. The Bertz CT molecular complexity index is 307. The lowest BCUT2D eigenvalue weighted by Crippen LogP contribution is -2.52. The summed E-state index contributed by atoms with van der Waals surface area (Å²) in [5, 5.41) is 0. The summed E-state index contributed by atoms with van der Waals surface area (Å²) in [5.41, 5.74) is 0. The number of piperazine rings is 1. The van der Waals surface area contributed by atoms with E-state index in [9.17, 15) is 9.59 Å². The van der Waals surface area contributed by atoms with Crippen LogP contribution >= 0.6 is 0 Å². The Kier molecular flexibility index (Phi) is 4.41. The van der Waals surface area contributed by atoms with Gasteiger partial charge in [-0.05, 0) is 19.8 Å². The minimum absolute atomic E-state index is 0.0657. The van der Waals surface area contributed by atoms with Crippen LogP contribution in [0.5, 0.6) is 0 Å². The molecule has 0 radical (unpaired) electrons. The summed E-state index contributed by atoms with van der Waals surface area (Å²) in [7, 11) is 0. The van der Waals surface area contributed by atoms with Crippen LogP contribution in [0.4, 0.5) is 4.79 Å². The lowest BCUT2D eigenvalue weighted by Gasteiger charge is -2.35. The average molecular weight is 256 g/mol. The van der Waals surface area contributed by atoms with Crippen LogP contribution in [-0.4, -0.2) is 67.3 Å². The van der Waals surface area contributed by atoms with E-state index in [1.807, 2.05) is 0 Å². The Hall–Kier alpha value is -1.30. The smallest absolute Gasteiger partial charge is 0.409 e. The summed E-state index contributed by atoms with van der Waals surface area (Å²) < 4.78 is 10.3. The molecule has 0 spiro atoms. The van der Waals surface area contributed by atoms with Gasteiger partial charge in [-0.1, -0.05) is 0 Å². The maximum absolute atomic E-state index is 12.1. The molecule has 0 N–H and O–H groups in total. The number of amides is 2. The van der Waals surface area contributed by atoms with Crippen molar-refractivity contribution < 1.29 is 19.1 Å². The number of hydrogen-bond donors (Lipinski definition) is 0. The van der Waals surface area contributed by atoms with Crippen LogP contribution in [0.1, 0.15) is 19.8 Å². The third-order valence-corrected chi connectivity index (χ3v) is 3.32. The second kappa shape index (κ2) is 6.04. The second-order valence-corrected chi connectivity index (χ2v) is 4.51. The van der Waals surface area contributed by atoms with Crippen LogP contribution in [0, 0.1) is 0 Å². The lowest BCUT2D eigenvalue weighted by molar-refractivity contribution is -0.142. The van der Waals surface area contributed by atoms with Gasteiger partial charge in [0.05, 0.1) is 6.61 Å². The molecular formula is C12H20N2O4. The van der Waals surface area contributed by atoms with E-state index in [2.05, 4.69) is 0 Å². The largest absolute Gasteiger partial charge is 0.450 e. The zero-order valence-electron chi connectivity index (χ0n) is 10.8. The molecule has 2 fully saturated rings. The third kappa shape index (κ3) is 2.93. The molecule has 6 heteroatoms. The number of hydrogen-bond acceptors (Lipinski definition) is 4. The van der Waals surface area contributed by atoms with Crippen LogP contribution in [0.25, 0.3) is 0 Å². The number of rotatable bonds is 2. The van der Waals surface area contributed by atoms with Crippen molar-refractivity contribution in [3.05, 3.63) is 0 Å². The van der Waals surface area contributed by atoms with Gasteiger partial charge < -0.3 is 19.3 Å². The molecule has 2 aliphatic rings. The van der Waals surface area contributed by atoms with E-state index in [1.165, 1.54) is 0 Å². The van der Waals surface area contributed by atoms with Gasteiger partial charge in [-0.15, -0.1) is 0 Å². The summed E-state index contributed by atoms with van der Waals surface area (Å²) in [4.78, 5) is 27.0. The maximum atomic E-state index is 12.1. The highest BCUT2D eigenvalue weighted by atomic mass is 16.6. The first-order chi connectivity index (χ1) is 8.72. The molecule has 1 atom stereocenters. The summed E-state index contributed by atoms with van der Waals surface area (Å²) >= 11 is 0. The van der Waals surface area contributed by atoms with Crippen molar-refractivity contribution in [1.82, 2.24) is 9.80 Å². The zero-order chi connectivity index (χ0) is 13.0. The molecule has 6 nitrogen and oxygen atoms in total. The molecule has 2 heterocycles. The SMILES string of the molecule is CCOC(=O)N1CCN(C(=O)[C@H]2CCCO2)CC1. The van der Waals surface area contributed by atoms with Gasteiger partial charge >= 0.3 is 6.09 Å². The topological polar surface area (TPSA) is 59.1 Å². The van der Waals surface area contributed by atoms with Gasteiger partial charge in [-0.25, -0.2) is 4.79 Å². The molecule has 0 aromatic heterocycles. The molecule has 2 saturated heterocycles. The minimum Gasteiger partial charge on any atom is -0.450 e. The van der Waals surface area contributed by atoms with Crippen molar-refractivity contribution in [3.8, 4) is 0 Å². The predicted molar refractivity (Wildman–Crippen MR) is 64.1 cm³/mol. The molecule has 2 rings (SSSR count). The van der Waals surface area contributed by atoms with Gasteiger partial charge in [0.1, 0.15) is 6.10 Å². The predicted octanol–water partition coefficient (Wildman–Crippen LogP) is 0.466. The normalized spacial score (nSPS) is 24.2. The molecule has 0 aliphatic carbocycles. The molecule has 0 unspecified atom stereocenters. The van der Waals surface area contributed by atoms with Gasteiger partial charge in [-0.2, -0.15) is 0 Å². The average Bonchev–Trinajstić information content (AvgIpc) is 2.92. The van der Waals surface area contributed by atoms with E-state index >= 15 is 0 Å². The highest BCUT2D eigenvalue weighted by molar-refractivity contribution is 5.81. The van der Waals surface area contributed by atoms with Crippen LogP contribution in [-0.2, 0) is 14.3 Å². The number of carbonyl (C=O) groups is 2. The van der Waals surface area contributed by atoms with Crippen molar-refractivity contribution in [1.29, 1.82) is 0 Å². The second-order valence-electron chi connectivity index (χ2n) is 4.51. The molecule has 2 amide bonds. The summed E-state index contributed by atoms with van der Waals surface area (Å²) in [5.74, 6) is 0.0657. The van der Waals surface area contributed by atoms with Crippen molar-refractivity contribution in [3.63, 3.8) is 0 Å². The Labute approximate surface area is 107 Å². The molecule has 2 aliphatic heterocycles. The number of nitrogens with zero attached hydrogens (tertiary/aromatic N) is 2. The molecule has 0 bridgehead atoms. The number of carbonyl (C=O) groups excluding carboxylic acids is 2. The van der Waals surface area contributed by atoms with Crippen molar-refractivity contribution >= 4 is 12.0 Å². The summed E-state index contributed by atoms with van der Waals surface area (Å²) in [6.45, 7) is 5.06. The first kappa shape index (κ1) is 13.1. The number of ether oxygens (including phenoxy) is 2. The van der Waals surface area contributed by atoms with Crippen LogP contribution in [0.3, 0.4) is 0 Å². The fourth-order valence-electron chi connectivity index (χ4n) is 2.30. The molecular weight excluding hydrogens is 236 g/mol. The molecule has 102 valence electrons. The van der Waals surface area contributed by atoms with E-state index in [0.717, 1.165) is 12.8 Å². The Morgan fingerprint density at radius 3 is 2.44 bits per heavy atom. The van der Waals surface area contributed by atoms with Crippen molar-refractivity contribution in [2.75, 3.05) is 39.4 Å². The quantitative estimate of drug-likeness (QED) is 0.720. The van der Waals surface area contributed by atoms with Gasteiger partial charge in [-0.3, -0.25) is 4.79 Å². The highest BCUT2D eigenvalue weighted by Gasteiger charge is 2.31. The van der Waals surface area contributed by atoms with Gasteiger partial charge in [0.25, 0.3) is 5.91 Å². The summed E-state index contributed by atoms with van der Waals surface area (Å²) in [6, 6.07) is 0. The maximum Gasteiger partial charge on any atom is 0.409 e. The van der Waals surface area contributed by atoms with E-state index in [-0.39, 0.29) is 18.1 Å². The van der Waals surface area contributed by atoms with Gasteiger partial charge in [0, 0.05) is 32.8 Å². The van der Waals surface area contributed by atoms with Gasteiger partial charge in [0.2, 0.25) is 0 Å². The molecule has 0 aromatic carbocycles. The van der Waals surface area contributed by atoms with Crippen molar-refractivity contribution in [2.45, 2.75) is 25.9 Å². The van der Waals surface area contributed by atoms with E-state index < -0.39 is 0 Å². The first-order valence-corrected chi connectivity index (χ1v) is 6.54. The van der Waals surface area contributed by atoms with E-state index in [0.29, 0.717) is 39.4 Å². The lowest BCUT2D eigenvalue weighted by atomic mass is 10.2. The van der Waals surface area contributed by atoms with Crippen molar-refractivity contribution in [2.24, 2.45) is 0 Å². The Morgan fingerprint density at radius 1 is 1.22 bits per heavy atom. The third-order valence-electron chi connectivity index (χ3n) is 3.32. The first-order valence-electron chi connectivity index (χ1n) is 6.54. The fraction of sp³-hybridized carbons (Fsp3) is 0.833. The Morgan fingerprint density at radius 2 is 1.89 bits per heavy atom. The Balaban J connectivity index is 1.79. The van der Waals surface area contributed by atoms with Gasteiger partial charge in [0.15, 0.2) is 0 Å². The molecule has 0 aromatic rings. The zero-order valence-corrected chi connectivity index (χ0v) is 10.8. The van der Waals surface area contributed by atoms with Crippen LogP contribution < -0.4 is 0 Å². The van der Waals surface area contributed by atoms with Crippen LogP contribution in [0.2, 0.25) is 0 Å². The standard InChI is InChI=1S/C12H20N2O4/c1-2-17-12(16)14-7-5-13(6-8-14)11(15)10-4-3-9-18-10/h10H,2-9H2,1H3/t10-/m1/s1. The van der Waals surface area contributed by atoms with Crippen LogP contribution in [0.15, 0.2) is 0 Å². The van der Waals surface area contributed by atoms with E-state index in [4.69, 9.17) is 9.47 Å². The monoisotopic (exact) mass is 256 g/mol. The van der Waals surface area contributed by atoms with E-state index in [1.54, 1.807) is 16.7 Å².